The first kappa shape index (κ1) is 19.4. The molecule has 28 heavy (non-hydrogen) atoms. The number of hydrogen-bond acceptors (Lipinski definition) is 5. The second-order valence-electron chi connectivity index (χ2n) is 7.65. The van der Waals surface area contributed by atoms with Crippen LogP contribution >= 0.6 is 0 Å². The van der Waals surface area contributed by atoms with Gasteiger partial charge in [-0.25, -0.2) is 0 Å². The summed E-state index contributed by atoms with van der Waals surface area (Å²) in [6.45, 7) is 7.38. The van der Waals surface area contributed by atoms with E-state index < -0.39 is 0 Å². The van der Waals surface area contributed by atoms with Crippen molar-refractivity contribution in [2.75, 3.05) is 46.0 Å². The molecule has 3 heterocycles. The van der Waals surface area contributed by atoms with Crippen LogP contribution in [0.25, 0.3) is 0 Å². The van der Waals surface area contributed by atoms with Gasteiger partial charge in [-0.3, -0.25) is 14.8 Å². The molecule has 5 nitrogen and oxygen atoms in total. The third kappa shape index (κ3) is 5.10. The summed E-state index contributed by atoms with van der Waals surface area (Å²) in [5.41, 5.74) is 2.46. The van der Waals surface area contributed by atoms with E-state index in [1.807, 2.05) is 12.3 Å². The quantitative estimate of drug-likeness (QED) is 0.734. The van der Waals surface area contributed by atoms with E-state index in [4.69, 9.17) is 9.47 Å². The van der Waals surface area contributed by atoms with Gasteiger partial charge in [0.05, 0.1) is 24.9 Å². The van der Waals surface area contributed by atoms with Gasteiger partial charge in [0, 0.05) is 37.9 Å². The third-order valence-electron chi connectivity index (χ3n) is 5.76. The number of rotatable bonds is 7. The number of hydrogen-bond donors (Lipinski definition) is 0. The van der Waals surface area contributed by atoms with Gasteiger partial charge in [0.2, 0.25) is 0 Å². The molecule has 0 aliphatic carbocycles. The first-order valence-corrected chi connectivity index (χ1v) is 10.6. The van der Waals surface area contributed by atoms with Crippen molar-refractivity contribution < 1.29 is 9.47 Å². The molecule has 1 atom stereocenters. The molecule has 2 aromatic rings. The summed E-state index contributed by atoms with van der Waals surface area (Å²) in [5.74, 6) is 1.01. The van der Waals surface area contributed by atoms with Gasteiger partial charge in [-0.2, -0.15) is 0 Å². The summed E-state index contributed by atoms with van der Waals surface area (Å²) < 4.78 is 11.6. The lowest BCUT2D eigenvalue weighted by Gasteiger charge is -2.35. The average Bonchev–Trinajstić information content (AvgIpc) is 2.77. The Bertz CT molecular complexity index is 719. The van der Waals surface area contributed by atoms with Crippen LogP contribution in [0.4, 0.5) is 0 Å². The SMILES string of the molecule is c1ccc(C2CCCCN2Cc2ccccc2OCCN2CCOCC2)nc1. The Morgan fingerprint density at radius 2 is 1.86 bits per heavy atom. The molecule has 2 aliphatic rings. The third-order valence-corrected chi connectivity index (χ3v) is 5.76. The van der Waals surface area contributed by atoms with Crippen molar-refractivity contribution >= 4 is 0 Å². The minimum absolute atomic E-state index is 0.399. The monoisotopic (exact) mass is 381 g/mol. The van der Waals surface area contributed by atoms with Gasteiger partial charge in [0.15, 0.2) is 0 Å². The fourth-order valence-corrected chi connectivity index (χ4v) is 4.19. The number of piperidine rings is 1. The number of ether oxygens (including phenoxy) is 2. The van der Waals surface area contributed by atoms with Gasteiger partial charge in [-0.1, -0.05) is 30.7 Å². The zero-order valence-corrected chi connectivity index (χ0v) is 16.6. The fourth-order valence-electron chi connectivity index (χ4n) is 4.19. The van der Waals surface area contributed by atoms with Gasteiger partial charge in [0.25, 0.3) is 0 Å². The van der Waals surface area contributed by atoms with Gasteiger partial charge >= 0.3 is 0 Å². The minimum atomic E-state index is 0.399. The Morgan fingerprint density at radius 1 is 1.00 bits per heavy atom. The highest BCUT2D eigenvalue weighted by molar-refractivity contribution is 5.33. The van der Waals surface area contributed by atoms with Crippen LogP contribution in [0.5, 0.6) is 5.75 Å². The zero-order valence-electron chi connectivity index (χ0n) is 16.6. The lowest BCUT2D eigenvalue weighted by molar-refractivity contribution is 0.0321. The number of morpholine rings is 1. The Morgan fingerprint density at radius 3 is 2.71 bits per heavy atom. The Hall–Kier alpha value is -1.95. The standard InChI is InChI=1S/C23H31N3O2/c1-2-10-23(28-18-15-25-13-16-27-17-14-25)20(7-1)19-26-12-6-4-9-22(26)21-8-3-5-11-24-21/h1-3,5,7-8,10-11,22H,4,6,9,12-19H2. The maximum absolute atomic E-state index is 6.20. The predicted octanol–water partition coefficient (Wildman–Crippen LogP) is 3.52. The highest BCUT2D eigenvalue weighted by atomic mass is 16.5. The van der Waals surface area contributed by atoms with Crippen LogP contribution in [-0.4, -0.2) is 60.8 Å². The average molecular weight is 382 g/mol. The molecule has 1 unspecified atom stereocenters. The second-order valence-corrected chi connectivity index (χ2v) is 7.65. The van der Waals surface area contributed by atoms with E-state index in [-0.39, 0.29) is 0 Å². The summed E-state index contributed by atoms with van der Waals surface area (Å²) >= 11 is 0. The van der Waals surface area contributed by atoms with E-state index in [2.05, 4.69) is 51.2 Å². The highest BCUT2D eigenvalue weighted by Crippen LogP contribution is 2.32. The van der Waals surface area contributed by atoms with E-state index in [1.54, 1.807) is 0 Å². The summed E-state index contributed by atoms with van der Waals surface area (Å²) in [6.07, 6.45) is 5.61. The van der Waals surface area contributed by atoms with Gasteiger partial charge in [-0.15, -0.1) is 0 Å². The molecule has 2 fully saturated rings. The van der Waals surface area contributed by atoms with Crippen molar-refractivity contribution in [1.82, 2.24) is 14.8 Å². The molecule has 0 amide bonds. The van der Waals surface area contributed by atoms with E-state index in [9.17, 15) is 0 Å². The van der Waals surface area contributed by atoms with Crippen LogP contribution in [0.2, 0.25) is 0 Å². The number of para-hydroxylation sites is 1. The number of aromatic nitrogens is 1. The predicted molar refractivity (Wildman–Crippen MR) is 110 cm³/mol. The van der Waals surface area contributed by atoms with E-state index in [1.165, 1.54) is 30.5 Å². The van der Waals surface area contributed by atoms with Crippen molar-refractivity contribution in [3.63, 3.8) is 0 Å². The first-order valence-electron chi connectivity index (χ1n) is 10.6. The van der Waals surface area contributed by atoms with Gasteiger partial charge in [-0.05, 0) is 37.6 Å². The van der Waals surface area contributed by atoms with E-state index in [0.717, 1.165) is 58.3 Å². The molecule has 4 rings (SSSR count). The summed E-state index contributed by atoms with van der Waals surface area (Å²) in [6, 6.07) is 15.1. The van der Waals surface area contributed by atoms with Crippen molar-refractivity contribution in [2.45, 2.75) is 31.8 Å². The van der Waals surface area contributed by atoms with Crippen molar-refractivity contribution in [3.05, 3.63) is 59.9 Å². The molecule has 2 saturated heterocycles. The number of benzene rings is 1. The lowest BCUT2D eigenvalue weighted by atomic mass is 9.98. The maximum Gasteiger partial charge on any atom is 0.123 e. The van der Waals surface area contributed by atoms with Crippen LogP contribution < -0.4 is 4.74 Å². The number of likely N-dealkylation sites (tertiary alicyclic amines) is 1. The minimum Gasteiger partial charge on any atom is -0.492 e. The molecule has 0 bridgehead atoms. The molecule has 1 aromatic heterocycles. The van der Waals surface area contributed by atoms with Crippen LogP contribution in [0.1, 0.15) is 36.6 Å². The topological polar surface area (TPSA) is 37.8 Å². The normalized spacial score (nSPS) is 21.5. The maximum atomic E-state index is 6.20. The van der Waals surface area contributed by atoms with Gasteiger partial charge < -0.3 is 9.47 Å². The Balaban J connectivity index is 1.39. The zero-order chi connectivity index (χ0) is 19.0. The highest BCUT2D eigenvalue weighted by Gasteiger charge is 2.25. The molecule has 0 radical (unpaired) electrons. The molecule has 0 saturated carbocycles. The van der Waals surface area contributed by atoms with Crippen LogP contribution in [-0.2, 0) is 11.3 Å². The van der Waals surface area contributed by atoms with Crippen molar-refractivity contribution in [2.24, 2.45) is 0 Å². The summed E-state index contributed by atoms with van der Waals surface area (Å²) in [4.78, 5) is 9.61. The summed E-state index contributed by atoms with van der Waals surface area (Å²) in [5, 5.41) is 0. The number of nitrogens with zero attached hydrogens (tertiary/aromatic N) is 3. The van der Waals surface area contributed by atoms with Crippen molar-refractivity contribution in [1.29, 1.82) is 0 Å². The van der Waals surface area contributed by atoms with Crippen LogP contribution in [0.3, 0.4) is 0 Å². The molecule has 0 spiro atoms. The van der Waals surface area contributed by atoms with Crippen LogP contribution in [0, 0.1) is 0 Å². The smallest absolute Gasteiger partial charge is 0.123 e. The Labute approximate surface area is 168 Å². The van der Waals surface area contributed by atoms with Crippen LogP contribution in [0.15, 0.2) is 48.7 Å². The first-order chi connectivity index (χ1) is 13.9. The number of pyridine rings is 1. The molecule has 1 aromatic carbocycles. The molecular formula is C23H31N3O2. The second kappa shape index (κ2) is 10.0. The molecule has 2 aliphatic heterocycles. The fraction of sp³-hybridized carbons (Fsp3) is 0.522. The molecule has 0 N–H and O–H groups in total. The Kier molecular flexibility index (Phi) is 6.92. The molecule has 5 heteroatoms. The van der Waals surface area contributed by atoms with E-state index in [0.29, 0.717) is 6.04 Å². The van der Waals surface area contributed by atoms with E-state index >= 15 is 0 Å². The summed E-state index contributed by atoms with van der Waals surface area (Å²) in [7, 11) is 0. The molecular weight excluding hydrogens is 350 g/mol. The largest absolute Gasteiger partial charge is 0.492 e. The molecule has 150 valence electrons. The van der Waals surface area contributed by atoms with Crippen molar-refractivity contribution in [3.8, 4) is 5.75 Å². The van der Waals surface area contributed by atoms with Gasteiger partial charge in [0.1, 0.15) is 12.4 Å². The lowest BCUT2D eigenvalue weighted by Crippen LogP contribution is -2.38.